The molecule has 0 aromatic heterocycles. The minimum absolute atomic E-state index is 0.175. The van der Waals surface area contributed by atoms with Crippen LogP contribution in [0.1, 0.15) is 66.4 Å². The fourth-order valence-corrected chi connectivity index (χ4v) is 3.76. The van der Waals surface area contributed by atoms with Gasteiger partial charge >= 0.3 is 10.1 Å². The summed E-state index contributed by atoms with van der Waals surface area (Å²) in [7, 11) is -3.54. The molecule has 0 heterocycles. The molecule has 0 unspecified atom stereocenters. The van der Waals surface area contributed by atoms with E-state index in [0.717, 1.165) is 31.2 Å². The van der Waals surface area contributed by atoms with Crippen molar-refractivity contribution >= 4 is 16.0 Å². The third kappa shape index (κ3) is 10.7. The summed E-state index contributed by atoms with van der Waals surface area (Å²) in [6, 6.07) is 6.89. The third-order valence-corrected chi connectivity index (χ3v) is 4.85. The second kappa shape index (κ2) is 10.3. The van der Waals surface area contributed by atoms with Crippen molar-refractivity contribution in [1.82, 2.24) is 4.90 Å². The van der Waals surface area contributed by atoms with Crippen LogP contribution in [0.4, 0.5) is 0 Å². The van der Waals surface area contributed by atoms with Crippen molar-refractivity contribution in [2.24, 2.45) is 17.3 Å². The van der Waals surface area contributed by atoms with Gasteiger partial charge in [0, 0.05) is 19.5 Å². The maximum absolute atomic E-state index is 12.9. The van der Waals surface area contributed by atoms with E-state index in [9.17, 15) is 13.2 Å². The molecule has 0 N–H and O–H groups in total. The molecule has 0 aliphatic rings. The Bertz CT molecular complexity index is 718. The van der Waals surface area contributed by atoms with Gasteiger partial charge in [0.05, 0.1) is 6.26 Å². The summed E-state index contributed by atoms with van der Waals surface area (Å²) >= 11 is 0. The number of carbonyl (C=O) groups excluding carboxylic acids is 1. The molecular formula is C22H37NO4S. The van der Waals surface area contributed by atoms with Gasteiger partial charge < -0.3 is 9.08 Å². The second-order valence-electron chi connectivity index (χ2n) is 9.50. The molecule has 0 saturated heterocycles. The molecule has 0 bridgehead atoms. The van der Waals surface area contributed by atoms with Crippen molar-refractivity contribution in [3.8, 4) is 5.75 Å². The Labute approximate surface area is 171 Å². The number of carbonyl (C=O) groups is 1. The van der Waals surface area contributed by atoms with Crippen molar-refractivity contribution in [2.75, 3.05) is 12.8 Å². The Balaban J connectivity index is 2.82. The topological polar surface area (TPSA) is 63.7 Å². The predicted molar refractivity (Wildman–Crippen MR) is 115 cm³/mol. The molecule has 1 atom stereocenters. The molecule has 28 heavy (non-hydrogen) atoms. The molecule has 1 rings (SSSR count). The molecular weight excluding hydrogens is 374 g/mol. The lowest BCUT2D eigenvalue weighted by molar-refractivity contribution is -0.133. The Morgan fingerprint density at radius 1 is 1.11 bits per heavy atom. The van der Waals surface area contributed by atoms with E-state index in [-0.39, 0.29) is 17.1 Å². The van der Waals surface area contributed by atoms with Crippen LogP contribution >= 0.6 is 0 Å². The molecule has 0 radical (unpaired) electrons. The standard InChI is InChI=1S/C22H37NO4S/c1-17(2)12-13-23(21(24)14-18(3)15-22(4,5)6)16-19-8-10-20(11-9-19)27-28(7,25)26/h8-11,17-18H,12-16H2,1-7H3/t18-/m1/s1. The smallest absolute Gasteiger partial charge is 0.306 e. The quantitative estimate of drug-likeness (QED) is 0.516. The molecule has 0 spiro atoms. The van der Waals surface area contributed by atoms with Gasteiger partial charge in [-0.25, -0.2) is 0 Å². The van der Waals surface area contributed by atoms with Crippen molar-refractivity contribution in [1.29, 1.82) is 0 Å². The number of nitrogens with zero attached hydrogens (tertiary/aromatic N) is 1. The fraction of sp³-hybridized carbons (Fsp3) is 0.682. The first-order chi connectivity index (χ1) is 12.7. The van der Waals surface area contributed by atoms with E-state index in [0.29, 0.717) is 24.8 Å². The van der Waals surface area contributed by atoms with Crippen molar-refractivity contribution in [3.63, 3.8) is 0 Å². The van der Waals surface area contributed by atoms with Gasteiger partial charge in [0.2, 0.25) is 5.91 Å². The van der Waals surface area contributed by atoms with E-state index in [1.807, 2.05) is 17.0 Å². The number of hydrogen-bond donors (Lipinski definition) is 0. The minimum Gasteiger partial charge on any atom is -0.383 e. The van der Waals surface area contributed by atoms with Crippen molar-refractivity contribution in [2.45, 2.75) is 67.3 Å². The first kappa shape index (κ1) is 24.5. The van der Waals surface area contributed by atoms with Crippen molar-refractivity contribution < 1.29 is 17.4 Å². The molecule has 0 saturated carbocycles. The molecule has 160 valence electrons. The Hall–Kier alpha value is -1.56. The van der Waals surface area contributed by atoms with E-state index in [4.69, 9.17) is 4.18 Å². The van der Waals surface area contributed by atoms with E-state index >= 15 is 0 Å². The maximum atomic E-state index is 12.9. The van der Waals surface area contributed by atoms with Crippen LogP contribution in [0.2, 0.25) is 0 Å². The summed E-state index contributed by atoms with van der Waals surface area (Å²) in [5.41, 5.74) is 1.17. The number of rotatable bonds is 10. The second-order valence-corrected chi connectivity index (χ2v) is 11.1. The van der Waals surface area contributed by atoms with Gasteiger partial charge in [-0.05, 0) is 47.8 Å². The van der Waals surface area contributed by atoms with Crippen LogP contribution in [-0.2, 0) is 21.5 Å². The van der Waals surface area contributed by atoms with Crippen LogP contribution in [-0.4, -0.2) is 32.0 Å². The number of amides is 1. The lowest BCUT2D eigenvalue weighted by atomic mass is 9.84. The zero-order chi connectivity index (χ0) is 21.5. The molecule has 1 aromatic carbocycles. The maximum Gasteiger partial charge on any atom is 0.306 e. The van der Waals surface area contributed by atoms with Gasteiger partial charge in [0.25, 0.3) is 0 Å². The first-order valence-electron chi connectivity index (χ1n) is 10.0. The summed E-state index contributed by atoms with van der Waals surface area (Å²) < 4.78 is 27.3. The molecule has 1 aromatic rings. The van der Waals surface area contributed by atoms with E-state index in [1.165, 1.54) is 0 Å². The SMILES string of the molecule is CC(C)CCN(Cc1ccc(OS(C)(=O)=O)cc1)C(=O)C[C@@H](C)CC(C)(C)C. The van der Waals surface area contributed by atoms with Crippen molar-refractivity contribution in [3.05, 3.63) is 29.8 Å². The molecule has 0 aliphatic heterocycles. The highest BCUT2D eigenvalue weighted by molar-refractivity contribution is 7.86. The van der Waals surface area contributed by atoms with Crippen LogP contribution in [0.15, 0.2) is 24.3 Å². The number of benzene rings is 1. The number of hydrogen-bond acceptors (Lipinski definition) is 4. The Kier molecular flexibility index (Phi) is 8.99. The molecule has 5 nitrogen and oxygen atoms in total. The lowest BCUT2D eigenvalue weighted by Gasteiger charge is -2.27. The highest BCUT2D eigenvalue weighted by Gasteiger charge is 2.21. The van der Waals surface area contributed by atoms with Crippen LogP contribution in [0.5, 0.6) is 5.75 Å². The van der Waals surface area contributed by atoms with Crippen LogP contribution < -0.4 is 4.18 Å². The van der Waals surface area contributed by atoms with Gasteiger partial charge in [-0.15, -0.1) is 0 Å². The summed E-state index contributed by atoms with van der Waals surface area (Å²) in [5, 5.41) is 0. The molecule has 6 heteroatoms. The summed E-state index contributed by atoms with van der Waals surface area (Å²) in [5.74, 6) is 1.31. The third-order valence-electron chi connectivity index (χ3n) is 4.36. The lowest BCUT2D eigenvalue weighted by Crippen LogP contribution is -2.33. The summed E-state index contributed by atoms with van der Waals surface area (Å²) in [6.07, 6.45) is 3.53. The van der Waals surface area contributed by atoms with Gasteiger partial charge in [-0.3, -0.25) is 4.79 Å². The average Bonchev–Trinajstić information content (AvgIpc) is 2.49. The molecule has 0 aliphatic carbocycles. The van der Waals surface area contributed by atoms with Gasteiger partial charge in [0.1, 0.15) is 5.75 Å². The highest BCUT2D eigenvalue weighted by atomic mass is 32.2. The van der Waals surface area contributed by atoms with Gasteiger partial charge in [-0.2, -0.15) is 8.42 Å². The van der Waals surface area contributed by atoms with E-state index in [2.05, 4.69) is 41.5 Å². The van der Waals surface area contributed by atoms with Crippen LogP contribution in [0, 0.1) is 17.3 Å². The highest BCUT2D eigenvalue weighted by Crippen LogP contribution is 2.27. The van der Waals surface area contributed by atoms with Gasteiger partial charge in [0.15, 0.2) is 0 Å². The van der Waals surface area contributed by atoms with Crippen LogP contribution in [0.3, 0.4) is 0 Å². The summed E-state index contributed by atoms with van der Waals surface area (Å²) in [4.78, 5) is 14.9. The molecule has 1 amide bonds. The van der Waals surface area contributed by atoms with E-state index in [1.54, 1.807) is 12.1 Å². The zero-order valence-corrected chi connectivity index (χ0v) is 19.3. The largest absolute Gasteiger partial charge is 0.383 e. The minimum atomic E-state index is -3.54. The monoisotopic (exact) mass is 411 g/mol. The zero-order valence-electron chi connectivity index (χ0n) is 18.5. The van der Waals surface area contributed by atoms with E-state index < -0.39 is 10.1 Å². The Morgan fingerprint density at radius 3 is 2.14 bits per heavy atom. The van der Waals surface area contributed by atoms with Gasteiger partial charge in [-0.1, -0.05) is 53.7 Å². The summed E-state index contributed by atoms with van der Waals surface area (Å²) in [6.45, 7) is 14.3. The molecule has 0 fully saturated rings. The average molecular weight is 412 g/mol. The fourth-order valence-electron chi connectivity index (χ4n) is 3.30. The first-order valence-corrected chi connectivity index (χ1v) is 11.8. The normalized spacial score (nSPS) is 13.4. The van der Waals surface area contributed by atoms with Crippen LogP contribution in [0.25, 0.3) is 0 Å². The Morgan fingerprint density at radius 2 is 1.68 bits per heavy atom. The predicted octanol–water partition coefficient (Wildman–Crippen LogP) is 4.86.